The van der Waals surface area contributed by atoms with Crippen LogP contribution in [0.4, 0.5) is 22.7 Å². The maximum absolute atomic E-state index is 7.00. The molecule has 0 fully saturated rings. The maximum atomic E-state index is 7.00. The van der Waals surface area contributed by atoms with Crippen molar-refractivity contribution in [1.82, 2.24) is 0 Å². The Kier molecular flexibility index (Phi) is 6.56. The number of nitrogens with zero attached hydrogens (tertiary/aromatic N) is 4. The molecule has 60 heavy (non-hydrogen) atoms. The SMILES string of the molecule is [c-]1c2cccc1C1(c3ccccc3-c3ccccc31)N1[C]3=[Pt]=[C]4N(CCN3c3ccccc31)c1ccccc1N4C1(c3[c-]c(ccc3)O2)c2ccccc2-c2ccccc21. The molecule has 0 unspecified atom stereocenters. The van der Waals surface area contributed by atoms with Gasteiger partial charge in [0.25, 0.3) is 0 Å². The van der Waals surface area contributed by atoms with Crippen LogP contribution in [0.25, 0.3) is 22.3 Å². The van der Waals surface area contributed by atoms with Crippen LogP contribution in [-0.2, 0) is 28.7 Å². The quantitative estimate of drug-likeness (QED) is 0.141. The zero-order valence-electron chi connectivity index (χ0n) is 32.2. The van der Waals surface area contributed by atoms with Gasteiger partial charge in [-0.3, -0.25) is 0 Å². The number of hydrogen-bond acceptors (Lipinski definition) is 5. The molecule has 4 heterocycles. The molecule has 5 nitrogen and oxygen atoms in total. The molecule has 0 amide bonds. The summed E-state index contributed by atoms with van der Waals surface area (Å²) in [5.74, 6) is 1.32. The van der Waals surface area contributed by atoms with Gasteiger partial charge in [-0.15, -0.1) is 0 Å². The van der Waals surface area contributed by atoms with E-state index in [9.17, 15) is 0 Å². The Bertz CT molecular complexity index is 2950. The van der Waals surface area contributed by atoms with Crippen LogP contribution >= 0.6 is 0 Å². The summed E-state index contributed by atoms with van der Waals surface area (Å²) < 4.78 is 9.70. The molecule has 0 aromatic heterocycles. The molecule has 0 radical (unpaired) electrons. The molecular formula is C54H34N4OPt-2. The summed E-state index contributed by atoms with van der Waals surface area (Å²) in [6.45, 7) is 1.67. The van der Waals surface area contributed by atoms with Gasteiger partial charge in [0.05, 0.1) is 0 Å². The van der Waals surface area contributed by atoms with Gasteiger partial charge >= 0.3 is 358 Å². The summed E-state index contributed by atoms with van der Waals surface area (Å²) >= 11 is -0.955. The molecule has 288 valence electrons. The van der Waals surface area contributed by atoms with E-state index < -0.39 is 28.7 Å². The summed E-state index contributed by atoms with van der Waals surface area (Å²) in [7, 11) is 0. The molecule has 0 saturated carbocycles. The van der Waals surface area contributed by atoms with E-state index in [4.69, 9.17) is 4.74 Å². The number of fused-ring (bicyclic) bond motifs is 24. The average molecular weight is 950 g/mol. The molecule has 0 N–H and O–H groups in total. The molecule has 6 aliphatic rings. The van der Waals surface area contributed by atoms with Crippen molar-refractivity contribution in [2.24, 2.45) is 0 Å². The number of rotatable bonds is 0. The molecule has 4 aliphatic heterocycles. The zero-order chi connectivity index (χ0) is 39.2. The Morgan fingerprint density at radius 1 is 0.383 bits per heavy atom. The first-order valence-electron chi connectivity index (χ1n) is 20.5. The van der Waals surface area contributed by atoms with E-state index in [1.54, 1.807) is 0 Å². The fraction of sp³-hybridized carbons (Fsp3) is 0.0741. The number of benzene rings is 8. The van der Waals surface area contributed by atoms with E-state index in [2.05, 4.69) is 202 Å². The molecule has 6 bridgehead atoms. The standard InChI is InChI=1S/C54H34N4O.Pt/c1-5-23-45-41(19-1)42-20-2-6-24-46(42)53(45)37-15-13-17-39(33-37)59-40-18-14-16-38(34-40)54(47-25-7-3-21-43(47)44-22-4-8-26-48(44)54)58-36-56(50-28-10-12-30-52(50)58)32-31-55-35-57(53)51-29-11-9-27-49(51)55;/h1-30H,31-32H2;/q-2;. The third kappa shape index (κ3) is 3.97. The van der Waals surface area contributed by atoms with Crippen LogP contribution in [-0.4, -0.2) is 21.4 Å². The van der Waals surface area contributed by atoms with E-state index >= 15 is 0 Å². The van der Waals surface area contributed by atoms with Crippen molar-refractivity contribution >= 4 is 31.0 Å². The zero-order valence-corrected chi connectivity index (χ0v) is 34.5. The van der Waals surface area contributed by atoms with Gasteiger partial charge in [-0.05, 0) is 0 Å². The minimum atomic E-state index is -0.955. The Morgan fingerprint density at radius 3 is 1.13 bits per heavy atom. The van der Waals surface area contributed by atoms with Crippen molar-refractivity contribution in [3.05, 3.63) is 228 Å². The van der Waals surface area contributed by atoms with Gasteiger partial charge in [-0.1, -0.05) is 0 Å². The summed E-state index contributed by atoms with van der Waals surface area (Å²) in [4.78, 5) is 10.8. The first-order chi connectivity index (χ1) is 29.8. The fourth-order valence-electron chi connectivity index (χ4n) is 11.1. The molecule has 0 saturated heterocycles. The van der Waals surface area contributed by atoms with Gasteiger partial charge < -0.3 is 0 Å². The fourth-order valence-corrected chi connectivity index (χ4v) is 15.0. The van der Waals surface area contributed by atoms with Gasteiger partial charge in [0.15, 0.2) is 0 Å². The predicted octanol–water partition coefficient (Wildman–Crippen LogP) is 10.6. The molecule has 6 heteroatoms. The van der Waals surface area contributed by atoms with Gasteiger partial charge in [0, 0.05) is 0 Å². The first kappa shape index (κ1) is 33.1. The Balaban J connectivity index is 1.20. The monoisotopic (exact) mass is 949 g/mol. The van der Waals surface area contributed by atoms with E-state index in [1.165, 1.54) is 75.5 Å². The number of para-hydroxylation sites is 4. The minimum absolute atomic E-state index is 0.662. The van der Waals surface area contributed by atoms with Crippen molar-refractivity contribution in [3.8, 4) is 33.8 Å². The summed E-state index contributed by atoms with van der Waals surface area (Å²) in [5, 5.41) is 0. The molecule has 14 rings (SSSR count). The van der Waals surface area contributed by atoms with Gasteiger partial charge in [-0.2, -0.15) is 0 Å². The van der Waals surface area contributed by atoms with Crippen LogP contribution in [0.15, 0.2) is 182 Å². The Labute approximate surface area is 356 Å². The molecular weight excluding hydrogens is 916 g/mol. The van der Waals surface area contributed by atoms with E-state index in [-0.39, 0.29) is 0 Å². The van der Waals surface area contributed by atoms with E-state index in [0.29, 0.717) is 11.5 Å². The second-order valence-corrected chi connectivity index (χ2v) is 18.7. The van der Waals surface area contributed by atoms with Crippen molar-refractivity contribution in [2.45, 2.75) is 11.1 Å². The predicted molar refractivity (Wildman–Crippen MR) is 237 cm³/mol. The van der Waals surface area contributed by atoms with Crippen molar-refractivity contribution in [2.75, 3.05) is 32.7 Å². The van der Waals surface area contributed by atoms with Crippen molar-refractivity contribution in [3.63, 3.8) is 0 Å². The number of anilines is 4. The van der Waals surface area contributed by atoms with Gasteiger partial charge in [-0.25, -0.2) is 0 Å². The number of ether oxygens (including phenoxy) is 1. The number of hydrogen-bond donors (Lipinski definition) is 0. The summed E-state index contributed by atoms with van der Waals surface area (Å²) in [6, 6.07) is 75.0. The molecule has 8 aromatic rings. The molecule has 2 aliphatic carbocycles. The van der Waals surface area contributed by atoms with Gasteiger partial charge in [0.1, 0.15) is 0 Å². The first-order valence-corrected chi connectivity index (χ1v) is 22.8. The van der Waals surface area contributed by atoms with Crippen molar-refractivity contribution in [1.29, 1.82) is 0 Å². The third-order valence-corrected chi connectivity index (χ3v) is 16.6. The van der Waals surface area contributed by atoms with Crippen LogP contribution in [0, 0.1) is 12.1 Å². The van der Waals surface area contributed by atoms with E-state index in [0.717, 1.165) is 24.2 Å². The second-order valence-electron chi connectivity index (χ2n) is 16.1. The normalized spacial score (nSPS) is 17.5. The summed E-state index contributed by atoms with van der Waals surface area (Å²) in [5.41, 5.74) is 15.5. The van der Waals surface area contributed by atoms with Crippen LogP contribution in [0.5, 0.6) is 11.5 Å². The van der Waals surface area contributed by atoms with Crippen LogP contribution < -0.4 is 24.3 Å². The van der Waals surface area contributed by atoms with Crippen molar-refractivity contribution < 1.29 is 22.4 Å². The molecule has 8 aromatic carbocycles. The van der Waals surface area contributed by atoms with E-state index in [1.807, 2.05) is 12.1 Å². The third-order valence-electron chi connectivity index (χ3n) is 13.3. The second kappa shape index (κ2) is 11.9. The summed E-state index contributed by atoms with van der Waals surface area (Å²) in [6.07, 6.45) is 0. The van der Waals surface area contributed by atoms with Crippen LogP contribution in [0.3, 0.4) is 0 Å². The Morgan fingerprint density at radius 2 is 0.733 bits per heavy atom. The average Bonchev–Trinajstić information content (AvgIpc) is 3.94. The molecule has 0 atom stereocenters. The topological polar surface area (TPSA) is 22.2 Å². The van der Waals surface area contributed by atoms with Gasteiger partial charge in [0.2, 0.25) is 0 Å². The van der Waals surface area contributed by atoms with Crippen LogP contribution in [0.1, 0.15) is 33.4 Å². The molecule has 2 spiro atoms. The Hall–Kier alpha value is -6.81. The van der Waals surface area contributed by atoms with Crippen LogP contribution in [0.2, 0.25) is 0 Å².